The fourth-order valence-electron chi connectivity index (χ4n) is 2.02. The van der Waals surface area contributed by atoms with Crippen molar-refractivity contribution in [3.05, 3.63) is 17.7 Å². The number of nitrogens with one attached hydrogen (secondary N) is 1. The van der Waals surface area contributed by atoms with Crippen molar-refractivity contribution in [3.8, 4) is 17.2 Å². The maximum Gasteiger partial charge on any atom is 0.234 e. The van der Waals surface area contributed by atoms with Crippen LogP contribution in [0.25, 0.3) is 0 Å². The molecule has 1 rings (SSSR count). The van der Waals surface area contributed by atoms with Crippen LogP contribution in [0.3, 0.4) is 0 Å². The largest absolute Gasteiger partial charge is 0.502 e. The summed E-state index contributed by atoms with van der Waals surface area (Å²) >= 11 is 0. The predicted molar refractivity (Wildman–Crippen MR) is 80.8 cm³/mol. The summed E-state index contributed by atoms with van der Waals surface area (Å²) in [7, 11) is 4.82. The molecule has 0 bridgehead atoms. The van der Waals surface area contributed by atoms with E-state index in [0.29, 0.717) is 24.6 Å². The lowest BCUT2D eigenvalue weighted by Gasteiger charge is -2.19. The van der Waals surface area contributed by atoms with Gasteiger partial charge in [0.2, 0.25) is 11.7 Å². The van der Waals surface area contributed by atoms with Gasteiger partial charge in [-0.3, -0.25) is 9.69 Å². The first kappa shape index (κ1) is 17.1. The van der Waals surface area contributed by atoms with Gasteiger partial charge in [-0.1, -0.05) is 0 Å². The third kappa shape index (κ3) is 5.15. The molecule has 0 unspecified atom stereocenters. The molecule has 0 saturated heterocycles. The highest BCUT2D eigenvalue weighted by Gasteiger charge is 2.13. The molecule has 0 saturated carbocycles. The number of methoxy groups -OCH3 is 2. The third-order valence-electron chi connectivity index (χ3n) is 2.86. The van der Waals surface area contributed by atoms with Crippen molar-refractivity contribution in [1.29, 1.82) is 0 Å². The Bertz CT molecular complexity index is 464. The maximum atomic E-state index is 11.7. The van der Waals surface area contributed by atoms with Crippen molar-refractivity contribution in [1.82, 2.24) is 10.2 Å². The zero-order valence-electron chi connectivity index (χ0n) is 13.3. The third-order valence-corrected chi connectivity index (χ3v) is 2.86. The van der Waals surface area contributed by atoms with Gasteiger partial charge in [0.05, 0.1) is 20.8 Å². The lowest BCUT2D eigenvalue weighted by atomic mass is 10.1. The molecule has 1 aromatic rings. The Kier molecular flexibility index (Phi) is 6.30. The van der Waals surface area contributed by atoms with E-state index in [1.165, 1.54) is 14.2 Å². The van der Waals surface area contributed by atoms with E-state index in [1.807, 2.05) is 25.8 Å². The van der Waals surface area contributed by atoms with Gasteiger partial charge in [0.25, 0.3) is 0 Å². The minimum Gasteiger partial charge on any atom is -0.502 e. The summed E-state index contributed by atoms with van der Waals surface area (Å²) < 4.78 is 10.2. The number of hydrogen-bond acceptors (Lipinski definition) is 5. The van der Waals surface area contributed by atoms with Crippen molar-refractivity contribution in [2.45, 2.75) is 26.4 Å². The Morgan fingerprint density at radius 1 is 1.29 bits per heavy atom. The summed E-state index contributed by atoms with van der Waals surface area (Å²) in [5, 5.41) is 12.7. The van der Waals surface area contributed by atoms with Crippen molar-refractivity contribution < 1.29 is 19.4 Å². The lowest BCUT2D eigenvalue weighted by molar-refractivity contribution is -0.122. The van der Waals surface area contributed by atoms with Gasteiger partial charge in [-0.05, 0) is 38.6 Å². The molecule has 118 valence electrons. The summed E-state index contributed by atoms with van der Waals surface area (Å²) in [5.41, 5.74) is 0.890. The SMILES string of the molecule is COc1cc(CN(C)CC(=O)NC(C)C)cc(OC)c1O. The summed E-state index contributed by atoms with van der Waals surface area (Å²) in [6.07, 6.45) is 0. The first-order chi connectivity index (χ1) is 9.87. The van der Waals surface area contributed by atoms with Crippen LogP contribution < -0.4 is 14.8 Å². The second-order valence-electron chi connectivity index (χ2n) is 5.24. The van der Waals surface area contributed by atoms with Gasteiger partial charge < -0.3 is 19.9 Å². The molecule has 0 spiro atoms. The zero-order valence-corrected chi connectivity index (χ0v) is 13.3. The normalized spacial score (nSPS) is 10.8. The molecule has 0 fully saturated rings. The molecule has 1 amide bonds. The standard InChI is InChI=1S/C15H24N2O4/c1-10(2)16-14(18)9-17(3)8-11-6-12(20-4)15(19)13(7-11)21-5/h6-7,10,19H,8-9H2,1-5H3,(H,16,18). The molecule has 0 heterocycles. The van der Waals surface area contributed by atoms with Crippen LogP contribution in [0, 0.1) is 0 Å². The number of phenolic OH excluding ortho intramolecular Hbond substituents is 1. The minimum atomic E-state index is -0.0241. The van der Waals surface area contributed by atoms with Crippen molar-refractivity contribution in [2.75, 3.05) is 27.8 Å². The van der Waals surface area contributed by atoms with Crippen LogP contribution in [-0.2, 0) is 11.3 Å². The van der Waals surface area contributed by atoms with Gasteiger partial charge in [-0.2, -0.15) is 0 Å². The Balaban J connectivity index is 2.76. The summed E-state index contributed by atoms with van der Waals surface area (Å²) in [6.45, 7) is 4.68. The first-order valence-corrected chi connectivity index (χ1v) is 6.79. The van der Waals surface area contributed by atoms with E-state index in [1.54, 1.807) is 12.1 Å². The maximum absolute atomic E-state index is 11.7. The number of benzene rings is 1. The van der Waals surface area contributed by atoms with Crippen molar-refractivity contribution in [3.63, 3.8) is 0 Å². The minimum absolute atomic E-state index is 0.0230. The zero-order chi connectivity index (χ0) is 16.0. The summed E-state index contributed by atoms with van der Waals surface area (Å²) in [6, 6.07) is 3.59. The average Bonchev–Trinajstić information content (AvgIpc) is 2.39. The first-order valence-electron chi connectivity index (χ1n) is 6.79. The second kappa shape index (κ2) is 7.73. The molecule has 0 aliphatic rings. The van der Waals surface area contributed by atoms with E-state index in [2.05, 4.69) is 5.32 Å². The molecule has 0 aliphatic heterocycles. The molecule has 0 radical (unpaired) electrons. The van der Waals surface area contributed by atoms with Gasteiger partial charge in [0.15, 0.2) is 11.5 Å². The molecule has 21 heavy (non-hydrogen) atoms. The quantitative estimate of drug-likeness (QED) is 0.795. The van der Waals surface area contributed by atoms with Gasteiger partial charge in [0.1, 0.15) is 0 Å². The van der Waals surface area contributed by atoms with Crippen LogP contribution in [0.1, 0.15) is 19.4 Å². The average molecular weight is 296 g/mol. The Morgan fingerprint density at radius 2 is 1.81 bits per heavy atom. The van der Waals surface area contributed by atoms with Crippen LogP contribution in [0.5, 0.6) is 17.2 Å². The highest BCUT2D eigenvalue weighted by molar-refractivity contribution is 5.78. The van der Waals surface area contributed by atoms with Crippen LogP contribution in [0.15, 0.2) is 12.1 Å². The van der Waals surface area contributed by atoms with E-state index in [0.717, 1.165) is 5.56 Å². The number of carbonyl (C=O) groups excluding carboxylic acids is 1. The van der Waals surface area contributed by atoms with Gasteiger partial charge in [-0.25, -0.2) is 0 Å². The number of likely N-dealkylation sites (N-methyl/N-ethyl adjacent to an activating group) is 1. The number of carbonyl (C=O) groups is 1. The number of amides is 1. The lowest BCUT2D eigenvalue weighted by Crippen LogP contribution is -2.38. The molecule has 0 aromatic heterocycles. The molecule has 6 heteroatoms. The van der Waals surface area contributed by atoms with Gasteiger partial charge in [-0.15, -0.1) is 0 Å². The number of aromatic hydroxyl groups is 1. The van der Waals surface area contributed by atoms with Crippen LogP contribution in [0.4, 0.5) is 0 Å². The van der Waals surface area contributed by atoms with Crippen molar-refractivity contribution in [2.24, 2.45) is 0 Å². The molecule has 6 nitrogen and oxygen atoms in total. The highest BCUT2D eigenvalue weighted by atomic mass is 16.5. The molecule has 2 N–H and O–H groups in total. The Hall–Kier alpha value is -1.95. The van der Waals surface area contributed by atoms with E-state index >= 15 is 0 Å². The molecule has 1 aromatic carbocycles. The van der Waals surface area contributed by atoms with Crippen LogP contribution >= 0.6 is 0 Å². The molecule has 0 atom stereocenters. The number of nitrogens with zero attached hydrogens (tertiary/aromatic N) is 1. The number of phenols is 1. The molecule has 0 aliphatic carbocycles. The van der Waals surface area contributed by atoms with E-state index in [4.69, 9.17) is 9.47 Å². The Labute approximate surface area is 125 Å². The molecular weight excluding hydrogens is 272 g/mol. The number of hydrogen-bond donors (Lipinski definition) is 2. The second-order valence-corrected chi connectivity index (χ2v) is 5.24. The smallest absolute Gasteiger partial charge is 0.234 e. The number of ether oxygens (including phenoxy) is 2. The van der Waals surface area contributed by atoms with Crippen LogP contribution in [0.2, 0.25) is 0 Å². The van der Waals surface area contributed by atoms with Crippen molar-refractivity contribution >= 4 is 5.91 Å². The topological polar surface area (TPSA) is 71.0 Å². The van der Waals surface area contributed by atoms with E-state index < -0.39 is 0 Å². The van der Waals surface area contributed by atoms with Gasteiger partial charge >= 0.3 is 0 Å². The predicted octanol–water partition coefficient (Wildman–Crippen LogP) is 1.37. The fraction of sp³-hybridized carbons (Fsp3) is 0.533. The fourth-order valence-corrected chi connectivity index (χ4v) is 2.02. The summed E-state index contributed by atoms with van der Waals surface area (Å²) in [4.78, 5) is 13.6. The highest BCUT2D eigenvalue weighted by Crippen LogP contribution is 2.37. The number of rotatable bonds is 7. The van der Waals surface area contributed by atoms with E-state index in [9.17, 15) is 9.90 Å². The van der Waals surface area contributed by atoms with Gasteiger partial charge in [0, 0.05) is 12.6 Å². The monoisotopic (exact) mass is 296 g/mol. The Morgan fingerprint density at radius 3 is 2.24 bits per heavy atom. The van der Waals surface area contributed by atoms with Crippen LogP contribution in [-0.4, -0.2) is 49.8 Å². The molecular formula is C15H24N2O4. The summed E-state index contributed by atoms with van der Waals surface area (Å²) in [5.74, 6) is 0.655. The van der Waals surface area contributed by atoms with E-state index in [-0.39, 0.29) is 17.7 Å².